The predicted octanol–water partition coefficient (Wildman–Crippen LogP) is 2.51. The number of hydrogen-bond acceptors (Lipinski definition) is 5. The monoisotopic (exact) mass is 332 g/mol. The third kappa shape index (κ3) is 4.89. The summed E-state index contributed by atoms with van der Waals surface area (Å²) in [6.07, 6.45) is 3.34. The van der Waals surface area contributed by atoms with E-state index >= 15 is 0 Å². The number of hydrogen-bond donors (Lipinski definition) is 0. The second kappa shape index (κ2) is 6.66. The minimum absolute atomic E-state index is 0.00801. The highest BCUT2D eigenvalue weighted by atomic mass is 35.7. The molecule has 0 heterocycles. The molecule has 5 nitrogen and oxygen atoms in total. The molecular formula is C14H17ClO5S. The summed E-state index contributed by atoms with van der Waals surface area (Å²) in [5.74, 6) is 0.473. The van der Waals surface area contributed by atoms with Crippen molar-refractivity contribution in [1.29, 1.82) is 0 Å². The minimum atomic E-state index is -3.93. The van der Waals surface area contributed by atoms with Gasteiger partial charge in [-0.3, -0.25) is 4.79 Å². The van der Waals surface area contributed by atoms with Crippen molar-refractivity contribution in [2.75, 3.05) is 13.7 Å². The number of benzene rings is 1. The fraction of sp³-hybridized carbons (Fsp3) is 0.500. The van der Waals surface area contributed by atoms with Crippen LogP contribution in [0, 0.1) is 5.92 Å². The van der Waals surface area contributed by atoms with Crippen LogP contribution in [0.1, 0.15) is 24.8 Å². The Balaban J connectivity index is 2.00. The van der Waals surface area contributed by atoms with E-state index in [0.717, 1.165) is 6.42 Å². The van der Waals surface area contributed by atoms with Gasteiger partial charge in [0.05, 0.1) is 20.1 Å². The molecule has 0 aliphatic heterocycles. The van der Waals surface area contributed by atoms with Crippen LogP contribution in [0.15, 0.2) is 23.1 Å². The molecule has 0 N–H and O–H groups in total. The summed E-state index contributed by atoms with van der Waals surface area (Å²) < 4.78 is 33.0. The van der Waals surface area contributed by atoms with E-state index in [1.54, 1.807) is 6.07 Å². The summed E-state index contributed by atoms with van der Waals surface area (Å²) in [7, 11) is 2.78. The number of methoxy groups -OCH3 is 1. The van der Waals surface area contributed by atoms with Crippen molar-refractivity contribution in [2.45, 2.75) is 30.6 Å². The molecule has 0 bridgehead atoms. The van der Waals surface area contributed by atoms with Gasteiger partial charge in [-0.2, -0.15) is 0 Å². The van der Waals surface area contributed by atoms with Gasteiger partial charge in [-0.25, -0.2) is 8.42 Å². The average molecular weight is 333 g/mol. The molecule has 1 aliphatic rings. The molecule has 1 aliphatic carbocycles. The maximum Gasteiger partial charge on any atom is 0.310 e. The summed E-state index contributed by atoms with van der Waals surface area (Å²) in [6.45, 7) is 0.417. The molecular weight excluding hydrogens is 316 g/mol. The van der Waals surface area contributed by atoms with Gasteiger partial charge in [-0.1, -0.05) is 18.9 Å². The first-order chi connectivity index (χ1) is 9.90. The largest absolute Gasteiger partial charge is 0.495 e. The molecule has 1 fully saturated rings. The summed E-state index contributed by atoms with van der Waals surface area (Å²) in [5.41, 5.74) is 0.520. The van der Waals surface area contributed by atoms with Gasteiger partial charge in [0.2, 0.25) is 0 Å². The van der Waals surface area contributed by atoms with E-state index in [-0.39, 0.29) is 23.0 Å². The second-order valence-electron chi connectivity index (χ2n) is 5.05. The Hall–Kier alpha value is -1.27. The van der Waals surface area contributed by atoms with E-state index in [9.17, 15) is 13.2 Å². The van der Waals surface area contributed by atoms with Gasteiger partial charge < -0.3 is 9.47 Å². The van der Waals surface area contributed by atoms with E-state index in [2.05, 4.69) is 0 Å². The third-order valence-electron chi connectivity index (χ3n) is 3.33. The fourth-order valence-corrected chi connectivity index (χ4v) is 3.03. The molecule has 0 saturated heterocycles. The standard InChI is InChI=1S/C14H17ClO5S/c1-19-12-5-4-11(8-13(12)21(15,17)18)9-14(16)20-7-6-10-2-3-10/h4-5,8,10H,2-3,6-7,9H2,1H3. The first kappa shape index (κ1) is 16.1. The van der Waals surface area contributed by atoms with Crippen LogP contribution in [0.4, 0.5) is 0 Å². The Morgan fingerprint density at radius 3 is 2.67 bits per heavy atom. The van der Waals surface area contributed by atoms with Crippen molar-refractivity contribution < 1.29 is 22.7 Å². The molecule has 0 amide bonds. The summed E-state index contributed by atoms with van der Waals surface area (Å²) in [4.78, 5) is 11.6. The second-order valence-corrected chi connectivity index (χ2v) is 7.59. The topological polar surface area (TPSA) is 69.7 Å². The third-order valence-corrected chi connectivity index (χ3v) is 4.67. The van der Waals surface area contributed by atoms with Crippen LogP contribution in [0.2, 0.25) is 0 Å². The minimum Gasteiger partial charge on any atom is -0.495 e. The molecule has 0 aromatic heterocycles. The van der Waals surface area contributed by atoms with Crippen LogP contribution in [-0.4, -0.2) is 28.1 Å². The SMILES string of the molecule is COc1ccc(CC(=O)OCCC2CC2)cc1S(=O)(=O)Cl. The van der Waals surface area contributed by atoms with Crippen LogP contribution in [0.25, 0.3) is 0 Å². The number of esters is 1. The van der Waals surface area contributed by atoms with Crippen LogP contribution < -0.4 is 4.74 Å². The Labute approximate surface area is 128 Å². The van der Waals surface area contributed by atoms with Crippen LogP contribution in [0.5, 0.6) is 5.75 Å². The molecule has 7 heteroatoms. The van der Waals surface area contributed by atoms with E-state index in [4.69, 9.17) is 20.2 Å². The fourth-order valence-electron chi connectivity index (χ4n) is 1.99. The molecule has 0 unspecified atom stereocenters. The molecule has 21 heavy (non-hydrogen) atoms. The van der Waals surface area contributed by atoms with E-state index in [1.165, 1.54) is 32.1 Å². The van der Waals surface area contributed by atoms with Gasteiger partial charge in [0.15, 0.2) is 0 Å². The predicted molar refractivity (Wildman–Crippen MR) is 78.0 cm³/mol. The number of halogens is 1. The lowest BCUT2D eigenvalue weighted by Crippen LogP contribution is -2.10. The highest BCUT2D eigenvalue weighted by molar-refractivity contribution is 8.13. The molecule has 0 atom stereocenters. The maximum atomic E-state index is 11.7. The highest BCUT2D eigenvalue weighted by Crippen LogP contribution is 2.32. The zero-order valence-electron chi connectivity index (χ0n) is 11.7. The van der Waals surface area contributed by atoms with Gasteiger partial charge in [-0.05, 0) is 30.0 Å². The zero-order chi connectivity index (χ0) is 15.5. The van der Waals surface area contributed by atoms with Gasteiger partial charge in [0.25, 0.3) is 9.05 Å². The summed E-state index contributed by atoms with van der Waals surface area (Å²) >= 11 is 0. The molecule has 1 saturated carbocycles. The molecule has 116 valence electrons. The van der Waals surface area contributed by atoms with Crippen molar-refractivity contribution >= 4 is 25.7 Å². The van der Waals surface area contributed by atoms with Crippen molar-refractivity contribution in [3.63, 3.8) is 0 Å². The van der Waals surface area contributed by atoms with E-state index in [1.807, 2.05) is 0 Å². The zero-order valence-corrected chi connectivity index (χ0v) is 13.2. The van der Waals surface area contributed by atoms with E-state index < -0.39 is 9.05 Å². The lowest BCUT2D eigenvalue weighted by molar-refractivity contribution is -0.143. The van der Waals surface area contributed by atoms with Crippen molar-refractivity contribution in [3.8, 4) is 5.75 Å². The Morgan fingerprint density at radius 1 is 1.38 bits per heavy atom. The molecule has 1 aromatic rings. The van der Waals surface area contributed by atoms with Crippen LogP contribution >= 0.6 is 10.7 Å². The number of rotatable bonds is 7. The first-order valence-electron chi connectivity index (χ1n) is 6.67. The quantitative estimate of drug-likeness (QED) is 0.567. The lowest BCUT2D eigenvalue weighted by Gasteiger charge is -2.08. The normalized spacial score (nSPS) is 14.8. The summed E-state index contributed by atoms with van der Waals surface area (Å²) in [6, 6.07) is 4.43. The van der Waals surface area contributed by atoms with Gasteiger partial charge in [-0.15, -0.1) is 0 Å². The van der Waals surface area contributed by atoms with Crippen molar-refractivity contribution in [3.05, 3.63) is 23.8 Å². The van der Waals surface area contributed by atoms with Gasteiger partial charge in [0.1, 0.15) is 10.6 Å². The Morgan fingerprint density at radius 2 is 2.10 bits per heavy atom. The van der Waals surface area contributed by atoms with Crippen LogP contribution in [0.3, 0.4) is 0 Å². The number of carbonyl (C=O) groups is 1. The molecule has 2 rings (SSSR count). The molecule has 0 radical (unpaired) electrons. The number of ether oxygens (including phenoxy) is 2. The van der Waals surface area contributed by atoms with E-state index in [0.29, 0.717) is 18.1 Å². The molecule has 1 aromatic carbocycles. The highest BCUT2D eigenvalue weighted by Gasteiger charge is 2.21. The first-order valence-corrected chi connectivity index (χ1v) is 8.98. The Bertz CT molecular complexity index is 622. The smallest absolute Gasteiger partial charge is 0.310 e. The van der Waals surface area contributed by atoms with Gasteiger partial charge in [0, 0.05) is 10.7 Å². The Kier molecular flexibility index (Phi) is 5.11. The van der Waals surface area contributed by atoms with Crippen molar-refractivity contribution in [1.82, 2.24) is 0 Å². The average Bonchev–Trinajstić information content (AvgIpc) is 3.22. The van der Waals surface area contributed by atoms with Crippen LogP contribution in [-0.2, 0) is 25.0 Å². The number of carbonyl (C=O) groups excluding carboxylic acids is 1. The molecule has 0 spiro atoms. The maximum absolute atomic E-state index is 11.7. The van der Waals surface area contributed by atoms with Crippen molar-refractivity contribution in [2.24, 2.45) is 5.92 Å². The lowest BCUT2D eigenvalue weighted by atomic mass is 10.1. The van der Waals surface area contributed by atoms with Gasteiger partial charge >= 0.3 is 5.97 Å². The summed E-state index contributed by atoms with van der Waals surface area (Å²) in [5, 5.41) is 0.